The molecule has 3 aliphatic heterocycles. The lowest BCUT2D eigenvalue weighted by molar-refractivity contribution is -0.134. The molecule has 3 heterocycles. The highest BCUT2D eigenvalue weighted by Gasteiger charge is 2.29. The number of imide groups is 1. The Hall–Kier alpha value is -2.49. The standard InChI is InChI=1S/C22H32N6O3/c23-28-10-8-16(15-28)7-9-26-11-13-27(14-12-26)19-4-2-1-3-17(19)21(30)24-18-5-6-20(29)25-22(18)31/h1-4,16,18H,5-15,23H2,(H,24,30)(H,25,29,31). The van der Waals surface area contributed by atoms with Crippen LogP contribution in [0.15, 0.2) is 24.3 Å². The number of hydrogen-bond acceptors (Lipinski definition) is 7. The smallest absolute Gasteiger partial charge is 0.254 e. The van der Waals surface area contributed by atoms with Crippen molar-refractivity contribution in [2.24, 2.45) is 11.8 Å². The summed E-state index contributed by atoms with van der Waals surface area (Å²) in [5.41, 5.74) is 1.45. The van der Waals surface area contributed by atoms with Crippen molar-refractivity contribution >= 4 is 23.4 Å². The van der Waals surface area contributed by atoms with Crippen LogP contribution in [0.4, 0.5) is 5.69 Å². The van der Waals surface area contributed by atoms with E-state index in [4.69, 9.17) is 5.84 Å². The van der Waals surface area contributed by atoms with E-state index in [2.05, 4.69) is 20.4 Å². The molecule has 168 valence electrons. The fourth-order valence-corrected chi connectivity index (χ4v) is 4.68. The predicted molar refractivity (Wildman–Crippen MR) is 117 cm³/mol. The number of piperazine rings is 1. The van der Waals surface area contributed by atoms with Crippen LogP contribution in [-0.4, -0.2) is 79.5 Å². The Balaban J connectivity index is 1.32. The first kappa shape index (κ1) is 21.7. The second-order valence-electron chi connectivity index (χ2n) is 8.76. The molecule has 2 unspecified atom stereocenters. The van der Waals surface area contributed by atoms with Gasteiger partial charge in [-0.1, -0.05) is 12.1 Å². The zero-order valence-corrected chi connectivity index (χ0v) is 17.9. The molecule has 0 bridgehead atoms. The Kier molecular flexibility index (Phi) is 6.84. The second-order valence-corrected chi connectivity index (χ2v) is 8.76. The topological polar surface area (TPSA) is 111 Å². The zero-order chi connectivity index (χ0) is 21.8. The molecule has 0 spiro atoms. The summed E-state index contributed by atoms with van der Waals surface area (Å²) >= 11 is 0. The van der Waals surface area contributed by atoms with Crippen LogP contribution in [0.25, 0.3) is 0 Å². The number of benzene rings is 1. The van der Waals surface area contributed by atoms with Crippen molar-refractivity contribution in [1.29, 1.82) is 0 Å². The number of carbonyl (C=O) groups excluding carboxylic acids is 3. The largest absolute Gasteiger partial charge is 0.368 e. The summed E-state index contributed by atoms with van der Waals surface area (Å²) < 4.78 is 0. The molecular formula is C22H32N6O3. The quantitative estimate of drug-likeness (QED) is 0.430. The van der Waals surface area contributed by atoms with Crippen molar-refractivity contribution in [3.63, 3.8) is 0 Å². The number of piperidine rings is 1. The normalized spacial score (nSPS) is 25.5. The van der Waals surface area contributed by atoms with Crippen LogP contribution >= 0.6 is 0 Å². The van der Waals surface area contributed by atoms with E-state index >= 15 is 0 Å². The van der Waals surface area contributed by atoms with Crippen molar-refractivity contribution in [3.8, 4) is 0 Å². The summed E-state index contributed by atoms with van der Waals surface area (Å²) in [5, 5.41) is 7.00. The van der Waals surface area contributed by atoms with Gasteiger partial charge in [0.1, 0.15) is 6.04 Å². The van der Waals surface area contributed by atoms with Gasteiger partial charge in [-0.15, -0.1) is 0 Å². The van der Waals surface area contributed by atoms with Gasteiger partial charge < -0.3 is 10.2 Å². The molecule has 1 aromatic rings. The number of hydrogen-bond donors (Lipinski definition) is 3. The molecule has 0 radical (unpaired) electrons. The Morgan fingerprint density at radius 2 is 1.87 bits per heavy atom. The molecule has 3 amide bonds. The van der Waals surface area contributed by atoms with E-state index < -0.39 is 11.9 Å². The minimum atomic E-state index is -0.671. The number of nitrogens with two attached hydrogens (primary N) is 1. The Labute approximate surface area is 182 Å². The van der Waals surface area contributed by atoms with Gasteiger partial charge in [0.15, 0.2) is 0 Å². The average molecular weight is 429 g/mol. The first-order valence-corrected chi connectivity index (χ1v) is 11.2. The third-order valence-electron chi connectivity index (χ3n) is 6.58. The van der Waals surface area contributed by atoms with Gasteiger partial charge in [-0.05, 0) is 43.9 Å². The summed E-state index contributed by atoms with van der Waals surface area (Å²) in [7, 11) is 0. The van der Waals surface area contributed by atoms with Crippen molar-refractivity contribution in [3.05, 3.63) is 29.8 Å². The van der Waals surface area contributed by atoms with Crippen molar-refractivity contribution in [2.75, 3.05) is 50.7 Å². The number of nitrogens with one attached hydrogen (secondary N) is 2. The second kappa shape index (κ2) is 9.76. The molecular weight excluding hydrogens is 396 g/mol. The minimum Gasteiger partial charge on any atom is -0.368 e. The molecule has 2 atom stereocenters. The molecule has 4 rings (SSSR count). The third kappa shape index (κ3) is 5.41. The molecule has 3 aliphatic rings. The van der Waals surface area contributed by atoms with Gasteiger partial charge >= 0.3 is 0 Å². The van der Waals surface area contributed by atoms with E-state index in [1.54, 1.807) is 6.07 Å². The van der Waals surface area contributed by atoms with Crippen LogP contribution in [0.5, 0.6) is 0 Å². The summed E-state index contributed by atoms with van der Waals surface area (Å²) in [5.74, 6) is 5.56. The molecule has 9 nitrogen and oxygen atoms in total. The summed E-state index contributed by atoms with van der Waals surface area (Å²) in [6.07, 6.45) is 2.94. The fraction of sp³-hybridized carbons (Fsp3) is 0.591. The maximum atomic E-state index is 12.9. The Morgan fingerprint density at radius 1 is 1.10 bits per heavy atom. The van der Waals surface area contributed by atoms with Crippen LogP contribution in [0.1, 0.15) is 36.0 Å². The number of amides is 3. The van der Waals surface area contributed by atoms with Gasteiger partial charge in [0, 0.05) is 51.4 Å². The highest BCUT2D eigenvalue weighted by atomic mass is 16.2. The molecule has 3 fully saturated rings. The van der Waals surface area contributed by atoms with Crippen LogP contribution in [0.3, 0.4) is 0 Å². The van der Waals surface area contributed by atoms with E-state index in [0.717, 1.165) is 51.5 Å². The fourth-order valence-electron chi connectivity index (χ4n) is 4.68. The molecule has 31 heavy (non-hydrogen) atoms. The maximum absolute atomic E-state index is 12.9. The number of anilines is 1. The van der Waals surface area contributed by atoms with Gasteiger partial charge in [0.05, 0.1) is 5.56 Å². The first-order chi connectivity index (χ1) is 15.0. The predicted octanol–water partition coefficient (Wildman–Crippen LogP) is -0.0707. The number of nitrogens with zero attached hydrogens (tertiary/aromatic N) is 3. The Bertz CT molecular complexity index is 823. The number of para-hydroxylation sites is 1. The van der Waals surface area contributed by atoms with Gasteiger partial charge in [-0.25, -0.2) is 5.01 Å². The van der Waals surface area contributed by atoms with E-state index in [-0.39, 0.29) is 18.2 Å². The van der Waals surface area contributed by atoms with Gasteiger partial charge in [-0.3, -0.25) is 30.4 Å². The monoisotopic (exact) mass is 428 g/mol. The SMILES string of the molecule is NN1CCC(CCN2CCN(c3ccccc3C(=O)NC3CCC(=O)NC3=O)CC2)C1. The maximum Gasteiger partial charge on any atom is 0.254 e. The van der Waals surface area contributed by atoms with Crippen LogP contribution in [0.2, 0.25) is 0 Å². The molecule has 0 aromatic heterocycles. The zero-order valence-electron chi connectivity index (χ0n) is 17.9. The Morgan fingerprint density at radius 3 is 2.58 bits per heavy atom. The molecule has 1 aromatic carbocycles. The first-order valence-electron chi connectivity index (χ1n) is 11.2. The van der Waals surface area contributed by atoms with Crippen LogP contribution in [0, 0.1) is 5.92 Å². The molecule has 9 heteroatoms. The highest BCUT2D eigenvalue weighted by molar-refractivity contribution is 6.05. The average Bonchev–Trinajstić information content (AvgIpc) is 3.20. The lowest BCUT2D eigenvalue weighted by Crippen LogP contribution is -2.52. The van der Waals surface area contributed by atoms with E-state index in [1.165, 1.54) is 12.8 Å². The number of carbonyl (C=O) groups is 3. The van der Waals surface area contributed by atoms with E-state index in [9.17, 15) is 14.4 Å². The highest BCUT2D eigenvalue weighted by Crippen LogP contribution is 2.23. The lowest BCUT2D eigenvalue weighted by atomic mass is 10.0. The van der Waals surface area contributed by atoms with Gasteiger partial charge in [-0.2, -0.15) is 0 Å². The van der Waals surface area contributed by atoms with E-state index in [0.29, 0.717) is 17.9 Å². The van der Waals surface area contributed by atoms with E-state index in [1.807, 2.05) is 23.2 Å². The minimum absolute atomic E-state index is 0.241. The lowest BCUT2D eigenvalue weighted by Gasteiger charge is -2.37. The molecule has 0 aliphatic carbocycles. The van der Waals surface area contributed by atoms with Gasteiger partial charge in [0.2, 0.25) is 11.8 Å². The molecule has 4 N–H and O–H groups in total. The molecule has 0 saturated carbocycles. The summed E-state index contributed by atoms with van der Waals surface area (Å²) in [4.78, 5) is 41.0. The van der Waals surface area contributed by atoms with Crippen molar-refractivity contribution < 1.29 is 14.4 Å². The summed E-state index contributed by atoms with van der Waals surface area (Å²) in [6.45, 7) is 6.72. The van der Waals surface area contributed by atoms with Crippen molar-refractivity contribution in [1.82, 2.24) is 20.5 Å². The van der Waals surface area contributed by atoms with Gasteiger partial charge in [0.25, 0.3) is 5.91 Å². The number of rotatable bonds is 6. The van der Waals surface area contributed by atoms with Crippen LogP contribution < -0.4 is 21.4 Å². The van der Waals surface area contributed by atoms with Crippen LogP contribution in [-0.2, 0) is 9.59 Å². The number of hydrazine groups is 1. The summed E-state index contributed by atoms with van der Waals surface area (Å²) in [6, 6.07) is 6.85. The van der Waals surface area contributed by atoms with Crippen molar-refractivity contribution in [2.45, 2.75) is 31.7 Å². The third-order valence-corrected chi connectivity index (χ3v) is 6.58. The molecule has 3 saturated heterocycles.